The van der Waals surface area contributed by atoms with Crippen molar-refractivity contribution in [2.24, 2.45) is 5.92 Å². The number of hydrogen-bond donors (Lipinski definition) is 2. The summed E-state index contributed by atoms with van der Waals surface area (Å²) >= 11 is 0. The molecular weight excluding hydrogens is 299 g/mol. The first-order chi connectivity index (χ1) is 10.6. The van der Waals surface area contributed by atoms with Crippen molar-refractivity contribution in [1.29, 1.82) is 0 Å². The van der Waals surface area contributed by atoms with E-state index < -0.39 is 17.7 Å². The van der Waals surface area contributed by atoms with Gasteiger partial charge in [-0.3, -0.25) is 4.79 Å². The zero-order valence-corrected chi connectivity index (χ0v) is 14.3. The molecule has 1 aromatic carbocycles. The summed E-state index contributed by atoms with van der Waals surface area (Å²) in [5.74, 6) is -0.826. The molecule has 0 bridgehead atoms. The van der Waals surface area contributed by atoms with E-state index >= 15 is 0 Å². The summed E-state index contributed by atoms with van der Waals surface area (Å²) in [6.45, 7) is 9.06. The van der Waals surface area contributed by atoms with E-state index in [-0.39, 0.29) is 17.6 Å². The normalized spacial score (nSPS) is 13.8. The molecule has 0 heterocycles. The van der Waals surface area contributed by atoms with Crippen molar-refractivity contribution in [3.63, 3.8) is 0 Å². The van der Waals surface area contributed by atoms with Gasteiger partial charge in [0.2, 0.25) is 5.91 Å². The lowest BCUT2D eigenvalue weighted by Gasteiger charge is -2.26. The number of hydrogen-bond acceptors (Lipinski definition) is 3. The first-order valence-corrected chi connectivity index (χ1v) is 7.68. The highest BCUT2D eigenvalue weighted by Gasteiger charge is 2.28. The fourth-order valence-corrected chi connectivity index (χ4v) is 1.89. The van der Waals surface area contributed by atoms with Crippen LogP contribution in [0.5, 0.6) is 0 Å². The van der Waals surface area contributed by atoms with E-state index in [4.69, 9.17) is 4.74 Å². The first-order valence-electron chi connectivity index (χ1n) is 7.68. The van der Waals surface area contributed by atoms with Crippen LogP contribution >= 0.6 is 0 Å². The van der Waals surface area contributed by atoms with Crippen LogP contribution in [0, 0.1) is 11.7 Å². The summed E-state index contributed by atoms with van der Waals surface area (Å²) in [7, 11) is 0. The predicted octanol–water partition coefficient (Wildman–Crippen LogP) is 3.70. The Labute approximate surface area is 136 Å². The van der Waals surface area contributed by atoms with Crippen LogP contribution in [0.15, 0.2) is 24.3 Å². The largest absolute Gasteiger partial charge is 0.444 e. The zero-order chi connectivity index (χ0) is 17.6. The second-order valence-electron chi connectivity index (χ2n) is 6.51. The van der Waals surface area contributed by atoms with Gasteiger partial charge in [-0.25, -0.2) is 9.18 Å². The van der Waals surface area contributed by atoms with Gasteiger partial charge in [-0.15, -0.1) is 0 Å². The molecule has 2 amide bonds. The zero-order valence-electron chi connectivity index (χ0n) is 14.3. The smallest absolute Gasteiger partial charge is 0.408 e. The lowest BCUT2D eigenvalue weighted by molar-refractivity contribution is -0.119. The fraction of sp³-hybridized carbons (Fsp3) is 0.529. The Morgan fingerprint density at radius 1 is 1.22 bits per heavy atom. The number of amides is 2. The maximum absolute atomic E-state index is 12.9. The molecule has 1 rings (SSSR count). The minimum Gasteiger partial charge on any atom is -0.444 e. The summed E-state index contributed by atoms with van der Waals surface area (Å²) in [4.78, 5) is 24.4. The first kappa shape index (κ1) is 18.9. The van der Waals surface area contributed by atoms with Gasteiger partial charge in [0.15, 0.2) is 0 Å². The summed E-state index contributed by atoms with van der Waals surface area (Å²) < 4.78 is 18.1. The van der Waals surface area contributed by atoms with Gasteiger partial charge in [0, 0.05) is 5.69 Å². The Morgan fingerprint density at radius 3 is 2.26 bits per heavy atom. The standard InChI is InChI=1S/C17H25FN2O3/c1-6-11(2)14(20-16(22)23-17(3,4)5)15(21)19-13-9-7-12(18)8-10-13/h7-11,14H,6H2,1-5H3,(H,19,21)(H,20,22). The molecule has 0 fully saturated rings. The molecule has 0 saturated heterocycles. The molecule has 2 unspecified atom stereocenters. The highest BCUT2D eigenvalue weighted by molar-refractivity contribution is 5.96. The van der Waals surface area contributed by atoms with Gasteiger partial charge >= 0.3 is 6.09 Å². The number of halogens is 1. The SMILES string of the molecule is CCC(C)C(NC(=O)OC(C)(C)C)C(=O)Nc1ccc(F)cc1. The van der Waals surface area contributed by atoms with E-state index in [1.54, 1.807) is 20.8 Å². The minimum absolute atomic E-state index is 0.0806. The van der Waals surface area contributed by atoms with Gasteiger partial charge < -0.3 is 15.4 Å². The van der Waals surface area contributed by atoms with E-state index in [0.29, 0.717) is 12.1 Å². The Kier molecular flexibility index (Phi) is 6.54. The second-order valence-corrected chi connectivity index (χ2v) is 6.51. The Hall–Kier alpha value is -2.11. The quantitative estimate of drug-likeness (QED) is 0.868. The maximum atomic E-state index is 12.9. The molecule has 0 aliphatic heterocycles. The van der Waals surface area contributed by atoms with Crippen LogP contribution in [0.4, 0.5) is 14.9 Å². The predicted molar refractivity (Wildman–Crippen MR) is 87.6 cm³/mol. The summed E-state index contributed by atoms with van der Waals surface area (Å²) in [6, 6.07) is 4.72. The molecule has 2 atom stereocenters. The molecule has 1 aromatic rings. The van der Waals surface area contributed by atoms with E-state index in [0.717, 1.165) is 0 Å². The number of rotatable bonds is 5. The van der Waals surface area contributed by atoms with E-state index in [1.165, 1.54) is 24.3 Å². The molecule has 0 saturated carbocycles. The van der Waals surface area contributed by atoms with E-state index in [1.807, 2.05) is 13.8 Å². The van der Waals surface area contributed by atoms with Crippen LogP contribution in [0.3, 0.4) is 0 Å². The number of carbonyl (C=O) groups is 2. The van der Waals surface area contributed by atoms with Crippen LogP contribution < -0.4 is 10.6 Å². The third kappa shape index (κ3) is 6.67. The Morgan fingerprint density at radius 2 is 1.78 bits per heavy atom. The van der Waals surface area contributed by atoms with Gasteiger partial charge in [0.25, 0.3) is 0 Å². The number of nitrogens with one attached hydrogen (secondary N) is 2. The number of benzene rings is 1. The van der Waals surface area contributed by atoms with Crippen LogP contribution in [-0.4, -0.2) is 23.6 Å². The Balaban J connectivity index is 2.78. The van der Waals surface area contributed by atoms with Gasteiger partial charge in [0.1, 0.15) is 17.5 Å². The maximum Gasteiger partial charge on any atom is 0.408 e. The molecule has 2 N–H and O–H groups in total. The van der Waals surface area contributed by atoms with Gasteiger partial charge in [-0.2, -0.15) is 0 Å². The molecule has 0 aromatic heterocycles. The van der Waals surface area contributed by atoms with Crippen molar-refractivity contribution in [3.05, 3.63) is 30.1 Å². The van der Waals surface area contributed by atoms with Gasteiger partial charge in [-0.1, -0.05) is 20.3 Å². The average molecular weight is 324 g/mol. The van der Waals surface area contributed by atoms with Crippen molar-refractivity contribution in [3.8, 4) is 0 Å². The summed E-state index contributed by atoms with van der Waals surface area (Å²) in [6.07, 6.45) is 0.0640. The molecule has 6 heteroatoms. The van der Waals surface area contributed by atoms with Gasteiger partial charge in [-0.05, 0) is 51.0 Å². The topological polar surface area (TPSA) is 67.4 Å². The number of ether oxygens (including phenoxy) is 1. The number of carbonyl (C=O) groups excluding carboxylic acids is 2. The minimum atomic E-state index is -0.736. The molecule has 128 valence electrons. The summed E-state index contributed by atoms with van der Waals surface area (Å²) in [5.41, 5.74) is -0.173. The van der Waals surface area contributed by atoms with Gasteiger partial charge in [0.05, 0.1) is 0 Å². The second kappa shape index (κ2) is 7.94. The van der Waals surface area contributed by atoms with Crippen molar-refractivity contribution in [2.45, 2.75) is 52.7 Å². The molecule has 5 nitrogen and oxygen atoms in total. The van der Waals surface area contributed by atoms with Crippen molar-refractivity contribution in [2.75, 3.05) is 5.32 Å². The van der Waals surface area contributed by atoms with Crippen LogP contribution in [0.25, 0.3) is 0 Å². The average Bonchev–Trinajstić information content (AvgIpc) is 2.44. The van der Waals surface area contributed by atoms with E-state index in [9.17, 15) is 14.0 Å². The molecule has 0 radical (unpaired) electrons. The van der Waals surface area contributed by atoms with Crippen molar-refractivity contribution < 1.29 is 18.7 Å². The van der Waals surface area contributed by atoms with Crippen molar-refractivity contribution in [1.82, 2.24) is 5.32 Å². The highest BCUT2D eigenvalue weighted by Crippen LogP contribution is 2.14. The number of alkyl carbamates (subject to hydrolysis) is 1. The van der Waals surface area contributed by atoms with Crippen LogP contribution in [0.1, 0.15) is 41.0 Å². The highest BCUT2D eigenvalue weighted by atomic mass is 19.1. The third-order valence-electron chi connectivity index (χ3n) is 3.28. The number of anilines is 1. The lowest BCUT2D eigenvalue weighted by atomic mass is 9.98. The molecule has 23 heavy (non-hydrogen) atoms. The van der Waals surface area contributed by atoms with E-state index in [2.05, 4.69) is 10.6 Å². The fourth-order valence-electron chi connectivity index (χ4n) is 1.89. The molecule has 0 spiro atoms. The van der Waals surface area contributed by atoms with Crippen molar-refractivity contribution >= 4 is 17.7 Å². The van der Waals surface area contributed by atoms with Crippen LogP contribution in [0.2, 0.25) is 0 Å². The molecule has 0 aliphatic carbocycles. The molecular formula is C17H25FN2O3. The van der Waals surface area contributed by atoms with Crippen LogP contribution in [-0.2, 0) is 9.53 Å². The molecule has 0 aliphatic rings. The summed E-state index contributed by atoms with van der Waals surface area (Å²) in [5, 5.41) is 5.29. The lowest BCUT2D eigenvalue weighted by Crippen LogP contribution is -2.49. The monoisotopic (exact) mass is 324 g/mol. The third-order valence-corrected chi connectivity index (χ3v) is 3.28. The Bertz CT molecular complexity index is 538.